The van der Waals surface area contributed by atoms with Crippen LogP contribution in [0.4, 0.5) is 5.69 Å². The van der Waals surface area contributed by atoms with E-state index in [1.54, 1.807) is 24.3 Å². The lowest BCUT2D eigenvalue weighted by molar-refractivity contribution is 0.814. The second-order valence-electron chi connectivity index (χ2n) is 3.57. The second-order valence-corrected chi connectivity index (χ2v) is 4.00. The standard InChI is InChI=1S/C11H8ClN7/c12-9-1-3-10(4-2-9)17-11(18-7-13-5-15-18)19-8-14-6-16-19/h1-8H. The van der Waals surface area contributed by atoms with Crippen molar-refractivity contribution in [1.29, 1.82) is 0 Å². The van der Waals surface area contributed by atoms with Gasteiger partial charge in [0, 0.05) is 5.02 Å². The molecule has 0 aliphatic rings. The van der Waals surface area contributed by atoms with Crippen LogP contribution in [-0.4, -0.2) is 35.5 Å². The Bertz CT molecular complexity index is 634. The van der Waals surface area contributed by atoms with Gasteiger partial charge in [-0.25, -0.2) is 15.0 Å². The quantitative estimate of drug-likeness (QED) is 0.499. The largest absolute Gasteiger partial charge is 0.255 e. The Labute approximate surface area is 113 Å². The summed E-state index contributed by atoms with van der Waals surface area (Å²) < 4.78 is 3.01. The van der Waals surface area contributed by atoms with Crippen LogP contribution in [0, 0.1) is 0 Å². The van der Waals surface area contributed by atoms with Crippen LogP contribution in [0.2, 0.25) is 5.02 Å². The van der Waals surface area contributed by atoms with Crippen molar-refractivity contribution in [3.63, 3.8) is 0 Å². The van der Waals surface area contributed by atoms with Crippen LogP contribution >= 0.6 is 11.6 Å². The van der Waals surface area contributed by atoms with Gasteiger partial charge in [0.1, 0.15) is 25.3 Å². The molecule has 0 amide bonds. The molecular formula is C11H8ClN7. The van der Waals surface area contributed by atoms with Crippen LogP contribution in [-0.2, 0) is 0 Å². The maximum absolute atomic E-state index is 5.84. The molecule has 0 aliphatic carbocycles. The Hall–Kier alpha value is -2.54. The van der Waals surface area contributed by atoms with Crippen molar-refractivity contribution in [3.8, 4) is 0 Å². The summed E-state index contributed by atoms with van der Waals surface area (Å²) in [6.07, 6.45) is 5.93. The van der Waals surface area contributed by atoms with Crippen molar-refractivity contribution in [2.24, 2.45) is 4.99 Å². The van der Waals surface area contributed by atoms with Crippen LogP contribution in [0.1, 0.15) is 0 Å². The minimum Gasteiger partial charge on any atom is -0.223 e. The average Bonchev–Trinajstić information content (AvgIpc) is 3.11. The monoisotopic (exact) mass is 273 g/mol. The lowest BCUT2D eigenvalue weighted by Gasteiger charge is -2.04. The molecule has 8 heteroatoms. The molecule has 0 aliphatic heterocycles. The molecule has 0 fully saturated rings. The molecule has 0 radical (unpaired) electrons. The van der Waals surface area contributed by atoms with Crippen molar-refractivity contribution >= 4 is 23.2 Å². The number of halogens is 1. The zero-order valence-electron chi connectivity index (χ0n) is 9.63. The van der Waals surface area contributed by atoms with Crippen molar-refractivity contribution in [1.82, 2.24) is 29.5 Å². The fourth-order valence-corrected chi connectivity index (χ4v) is 1.59. The summed E-state index contributed by atoms with van der Waals surface area (Å²) in [5, 5.41) is 8.75. The van der Waals surface area contributed by atoms with Gasteiger partial charge in [0.2, 0.25) is 0 Å². The van der Waals surface area contributed by atoms with E-state index < -0.39 is 0 Å². The fourth-order valence-electron chi connectivity index (χ4n) is 1.46. The SMILES string of the molecule is Clc1ccc(N=C(n2cncn2)n2cncn2)cc1. The van der Waals surface area contributed by atoms with Gasteiger partial charge >= 0.3 is 0 Å². The Morgan fingerprint density at radius 3 is 2.00 bits per heavy atom. The molecule has 2 heterocycles. The van der Waals surface area contributed by atoms with Gasteiger partial charge in [-0.3, -0.25) is 0 Å². The van der Waals surface area contributed by atoms with Gasteiger partial charge in [-0.1, -0.05) is 11.6 Å². The van der Waals surface area contributed by atoms with Gasteiger partial charge in [0.05, 0.1) is 5.69 Å². The first-order chi connectivity index (χ1) is 9.33. The van der Waals surface area contributed by atoms with E-state index in [9.17, 15) is 0 Å². The van der Waals surface area contributed by atoms with E-state index in [1.165, 1.54) is 34.7 Å². The molecule has 0 bridgehead atoms. The minimum absolute atomic E-state index is 0.470. The first-order valence-electron chi connectivity index (χ1n) is 5.37. The van der Waals surface area contributed by atoms with Crippen LogP contribution < -0.4 is 0 Å². The van der Waals surface area contributed by atoms with Crippen LogP contribution in [0.3, 0.4) is 0 Å². The Balaban J connectivity index is 2.07. The molecule has 94 valence electrons. The Morgan fingerprint density at radius 2 is 1.53 bits per heavy atom. The van der Waals surface area contributed by atoms with Gasteiger partial charge < -0.3 is 0 Å². The summed E-state index contributed by atoms with van der Waals surface area (Å²) >= 11 is 5.84. The highest BCUT2D eigenvalue weighted by atomic mass is 35.5. The van der Waals surface area contributed by atoms with E-state index in [1.807, 2.05) is 0 Å². The Kier molecular flexibility index (Phi) is 3.03. The fraction of sp³-hybridized carbons (Fsp3) is 0. The molecule has 3 aromatic rings. The van der Waals surface area contributed by atoms with Crippen molar-refractivity contribution < 1.29 is 0 Å². The number of nitrogens with zero attached hydrogens (tertiary/aromatic N) is 7. The van der Waals surface area contributed by atoms with Gasteiger partial charge in [0.15, 0.2) is 0 Å². The van der Waals surface area contributed by atoms with E-state index >= 15 is 0 Å². The van der Waals surface area contributed by atoms with Crippen molar-refractivity contribution in [3.05, 3.63) is 54.6 Å². The minimum atomic E-state index is 0.470. The van der Waals surface area contributed by atoms with Gasteiger partial charge in [-0.15, -0.1) is 0 Å². The van der Waals surface area contributed by atoms with E-state index in [2.05, 4.69) is 25.2 Å². The average molecular weight is 274 g/mol. The smallest absolute Gasteiger partial charge is 0.223 e. The summed E-state index contributed by atoms with van der Waals surface area (Å²) in [6.45, 7) is 0. The predicted octanol–water partition coefficient (Wildman–Crippen LogP) is 1.61. The highest BCUT2D eigenvalue weighted by Crippen LogP contribution is 2.16. The molecule has 3 rings (SSSR count). The van der Waals surface area contributed by atoms with E-state index in [-0.39, 0.29) is 0 Å². The number of aromatic nitrogens is 6. The third kappa shape index (κ3) is 2.50. The third-order valence-corrected chi connectivity index (χ3v) is 2.56. The lowest BCUT2D eigenvalue weighted by Crippen LogP contribution is -2.22. The first kappa shape index (κ1) is 11.5. The molecule has 0 saturated carbocycles. The number of rotatable bonds is 1. The van der Waals surface area contributed by atoms with Crippen LogP contribution in [0.25, 0.3) is 0 Å². The molecule has 0 N–H and O–H groups in total. The molecule has 0 spiro atoms. The third-order valence-electron chi connectivity index (χ3n) is 2.30. The maximum atomic E-state index is 5.84. The normalized spacial score (nSPS) is 10.4. The highest BCUT2D eigenvalue weighted by Gasteiger charge is 2.07. The van der Waals surface area contributed by atoms with Gasteiger partial charge in [0.25, 0.3) is 5.96 Å². The summed E-state index contributed by atoms with van der Waals surface area (Å²) in [7, 11) is 0. The molecule has 0 saturated heterocycles. The zero-order valence-corrected chi connectivity index (χ0v) is 10.4. The number of benzene rings is 1. The summed E-state index contributed by atoms with van der Waals surface area (Å²) in [5.74, 6) is 0.470. The molecule has 0 unspecified atom stereocenters. The number of hydrogen-bond donors (Lipinski definition) is 0. The highest BCUT2D eigenvalue weighted by molar-refractivity contribution is 6.30. The van der Waals surface area contributed by atoms with Crippen LogP contribution in [0.15, 0.2) is 54.6 Å². The zero-order chi connectivity index (χ0) is 13.1. The maximum Gasteiger partial charge on any atom is 0.255 e. The topological polar surface area (TPSA) is 73.8 Å². The molecule has 2 aromatic heterocycles. The molecule has 1 aromatic carbocycles. The lowest BCUT2D eigenvalue weighted by atomic mass is 10.3. The van der Waals surface area contributed by atoms with Gasteiger partial charge in [-0.2, -0.15) is 19.6 Å². The number of aliphatic imine (C=N–C) groups is 1. The molecule has 19 heavy (non-hydrogen) atoms. The molecule has 7 nitrogen and oxygen atoms in total. The van der Waals surface area contributed by atoms with Gasteiger partial charge in [-0.05, 0) is 24.3 Å². The van der Waals surface area contributed by atoms with Crippen molar-refractivity contribution in [2.45, 2.75) is 0 Å². The molecule has 0 atom stereocenters. The van der Waals surface area contributed by atoms with Crippen LogP contribution in [0.5, 0.6) is 0 Å². The van der Waals surface area contributed by atoms with E-state index in [4.69, 9.17) is 11.6 Å². The molecular weight excluding hydrogens is 266 g/mol. The number of hydrogen-bond acceptors (Lipinski definition) is 5. The Morgan fingerprint density at radius 1 is 0.947 bits per heavy atom. The van der Waals surface area contributed by atoms with Crippen molar-refractivity contribution in [2.75, 3.05) is 0 Å². The summed E-state index contributed by atoms with van der Waals surface area (Å²) in [5.41, 5.74) is 0.727. The summed E-state index contributed by atoms with van der Waals surface area (Å²) in [4.78, 5) is 12.3. The summed E-state index contributed by atoms with van der Waals surface area (Å²) in [6, 6.07) is 7.13. The predicted molar refractivity (Wildman–Crippen MR) is 69.4 cm³/mol. The van der Waals surface area contributed by atoms with E-state index in [0.29, 0.717) is 11.0 Å². The second kappa shape index (κ2) is 4.99. The first-order valence-corrected chi connectivity index (χ1v) is 5.75. The van der Waals surface area contributed by atoms with E-state index in [0.717, 1.165) is 5.69 Å².